The van der Waals surface area contributed by atoms with Crippen LogP contribution in [0.15, 0.2) is 5.16 Å². The van der Waals surface area contributed by atoms with E-state index in [1.54, 1.807) is 0 Å². The molecule has 0 bridgehead atoms. The van der Waals surface area contributed by atoms with E-state index in [-0.39, 0.29) is 5.84 Å². The molecule has 1 aliphatic heterocycles. The molecule has 0 spiro atoms. The minimum absolute atomic E-state index is 0.129. The number of oxime groups is 1. The van der Waals surface area contributed by atoms with Crippen LogP contribution in [0.1, 0.15) is 56.9 Å². The van der Waals surface area contributed by atoms with Gasteiger partial charge >= 0.3 is 0 Å². The molecule has 21 heavy (non-hydrogen) atoms. The molecule has 1 aromatic heterocycles. The smallest absolute Gasteiger partial charge is 0.174 e. The van der Waals surface area contributed by atoms with Crippen molar-refractivity contribution < 1.29 is 5.21 Å². The number of nitrogens with zero attached hydrogens (tertiary/aromatic N) is 4. The monoisotopic (exact) mass is 291 g/mol. The Morgan fingerprint density at radius 2 is 2.10 bits per heavy atom. The summed E-state index contributed by atoms with van der Waals surface area (Å²) >= 11 is 0. The number of piperidine rings is 1. The number of aromatic nitrogens is 2. The fraction of sp³-hybridized carbons (Fsp3) is 0.667. The predicted octanol–water partition coefficient (Wildman–Crippen LogP) is 2.07. The normalized spacial score (nSPS) is 19.9. The van der Waals surface area contributed by atoms with Crippen molar-refractivity contribution in [3.05, 3.63) is 16.8 Å². The SMILES string of the molecule is CCc1nnc(N2CCCCC2C)c(C(N)=NO)c1CC. The minimum Gasteiger partial charge on any atom is -0.409 e. The van der Waals surface area contributed by atoms with Crippen molar-refractivity contribution in [2.75, 3.05) is 11.4 Å². The summed E-state index contributed by atoms with van der Waals surface area (Å²) < 4.78 is 0. The average Bonchev–Trinajstić information content (AvgIpc) is 2.53. The van der Waals surface area contributed by atoms with E-state index < -0.39 is 0 Å². The first-order valence-corrected chi connectivity index (χ1v) is 7.76. The fourth-order valence-electron chi connectivity index (χ4n) is 3.10. The van der Waals surface area contributed by atoms with E-state index in [0.717, 1.165) is 54.9 Å². The third-order valence-corrected chi connectivity index (χ3v) is 4.27. The maximum atomic E-state index is 9.16. The Kier molecular flexibility index (Phi) is 4.98. The quantitative estimate of drug-likeness (QED) is 0.384. The van der Waals surface area contributed by atoms with Crippen molar-refractivity contribution in [3.8, 4) is 0 Å². The van der Waals surface area contributed by atoms with Crippen LogP contribution < -0.4 is 10.6 Å². The largest absolute Gasteiger partial charge is 0.409 e. The van der Waals surface area contributed by atoms with Crippen LogP contribution in [0.2, 0.25) is 0 Å². The number of nitrogens with two attached hydrogens (primary N) is 1. The summed E-state index contributed by atoms with van der Waals surface area (Å²) in [7, 11) is 0. The van der Waals surface area contributed by atoms with Gasteiger partial charge in [-0.25, -0.2) is 0 Å². The van der Waals surface area contributed by atoms with Crippen molar-refractivity contribution >= 4 is 11.7 Å². The van der Waals surface area contributed by atoms with Gasteiger partial charge in [0.25, 0.3) is 0 Å². The van der Waals surface area contributed by atoms with Crippen LogP contribution in [0, 0.1) is 0 Å². The number of hydrogen-bond donors (Lipinski definition) is 2. The maximum absolute atomic E-state index is 9.16. The fourth-order valence-corrected chi connectivity index (χ4v) is 3.10. The van der Waals surface area contributed by atoms with Gasteiger partial charge in [-0.2, -0.15) is 5.10 Å². The lowest BCUT2D eigenvalue weighted by molar-refractivity contribution is 0.318. The molecule has 1 saturated heterocycles. The molecule has 1 unspecified atom stereocenters. The average molecular weight is 291 g/mol. The number of hydrogen-bond acceptors (Lipinski definition) is 5. The Bertz CT molecular complexity index is 529. The molecule has 0 saturated carbocycles. The Morgan fingerprint density at radius 3 is 2.67 bits per heavy atom. The van der Waals surface area contributed by atoms with Crippen LogP contribution in [0.25, 0.3) is 0 Å². The molecule has 6 nitrogen and oxygen atoms in total. The second kappa shape index (κ2) is 6.74. The molecule has 0 aromatic carbocycles. The number of anilines is 1. The maximum Gasteiger partial charge on any atom is 0.174 e. The topological polar surface area (TPSA) is 87.6 Å². The van der Waals surface area contributed by atoms with Gasteiger partial charge < -0.3 is 15.8 Å². The van der Waals surface area contributed by atoms with Crippen molar-refractivity contribution in [1.29, 1.82) is 0 Å². The van der Waals surface area contributed by atoms with E-state index in [0.29, 0.717) is 6.04 Å². The second-order valence-corrected chi connectivity index (χ2v) is 5.55. The van der Waals surface area contributed by atoms with Gasteiger partial charge in [0.1, 0.15) is 0 Å². The molecule has 0 amide bonds. The van der Waals surface area contributed by atoms with Crippen molar-refractivity contribution in [2.24, 2.45) is 10.9 Å². The van der Waals surface area contributed by atoms with Crippen LogP contribution in [0.4, 0.5) is 5.82 Å². The van der Waals surface area contributed by atoms with Crippen molar-refractivity contribution in [3.63, 3.8) is 0 Å². The van der Waals surface area contributed by atoms with Gasteiger partial charge in [0, 0.05) is 12.6 Å². The van der Waals surface area contributed by atoms with Gasteiger partial charge in [-0.15, -0.1) is 5.10 Å². The molecule has 2 heterocycles. The van der Waals surface area contributed by atoms with Crippen LogP contribution in [-0.4, -0.2) is 33.8 Å². The number of amidine groups is 1. The summed E-state index contributed by atoms with van der Waals surface area (Å²) in [5, 5.41) is 21.2. The Labute approximate surface area is 126 Å². The molecule has 6 heteroatoms. The molecule has 3 N–H and O–H groups in total. The zero-order valence-electron chi connectivity index (χ0n) is 13.1. The molecule has 1 fully saturated rings. The van der Waals surface area contributed by atoms with Gasteiger partial charge in [0.2, 0.25) is 0 Å². The van der Waals surface area contributed by atoms with Crippen LogP contribution in [-0.2, 0) is 12.8 Å². The van der Waals surface area contributed by atoms with Gasteiger partial charge in [-0.05, 0) is 44.6 Å². The third-order valence-electron chi connectivity index (χ3n) is 4.27. The van der Waals surface area contributed by atoms with Crippen molar-refractivity contribution in [2.45, 2.75) is 58.9 Å². The molecule has 1 aromatic rings. The lowest BCUT2D eigenvalue weighted by Gasteiger charge is -2.35. The number of aryl methyl sites for hydroxylation is 1. The molecule has 1 aliphatic rings. The summed E-state index contributed by atoms with van der Waals surface area (Å²) in [6.45, 7) is 7.24. The first-order valence-electron chi connectivity index (χ1n) is 7.76. The second-order valence-electron chi connectivity index (χ2n) is 5.55. The predicted molar refractivity (Wildman–Crippen MR) is 84.0 cm³/mol. The third kappa shape index (κ3) is 2.94. The zero-order valence-corrected chi connectivity index (χ0v) is 13.1. The summed E-state index contributed by atoms with van der Waals surface area (Å²) in [4.78, 5) is 2.24. The highest BCUT2D eigenvalue weighted by Gasteiger charge is 2.26. The Balaban J connectivity index is 2.59. The summed E-state index contributed by atoms with van der Waals surface area (Å²) in [6.07, 6.45) is 5.09. The molecule has 116 valence electrons. The minimum atomic E-state index is 0.129. The molecular formula is C15H25N5O. The lowest BCUT2D eigenvalue weighted by atomic mass is 9.98. The van der Waals surface area contributed by atoms with E-state index >= 15 is 0 Å². The van der Waals surface area contributed by atoms with Gasteiger partial charge in [-0.3, -0.25) is 0 Å². The van der Waals surface area contributed by atoms with E-state index in [1.807, 2.05) is 6.92 Å². The van der Waals surface area contributed by atoms with E-state index in [1.165, 1.54) is 6.42 Å². The highest BCUT2D eigenvalue weighted by atomic mass is 16.4. The molecular weight excluding hydrogens is 266 g/mol. The molecule has 0 radical (unpaired) electrons. The van der Waals surface area contributed by atoms with E-state index in [2.05, 4.69) is 34.1 Å². The summed E-state index contributed by atoms with van der Waals surface area (Å²) in [6, 6.07) is 0.399. The highest BCUT2D eigenvalue weighted by molar-refractivity contribution is 6.03. The standard InChI is InChI=1S/C15H25N5O/c1-4-11-12(5-2)17-18-15(13(11)14(16)19-21)20-9-7-6-8-10(20)3/h10,21H,4-9H2,1-3H3,(H2,16,19). The first-order chi connectivity index (χ1) is 10.1. The Morgan fingerprint density at radius 1 is 1.33 bits per heavy atom. The zero-order chi connectivity index (χ0) is 15.4. The van der Waals surface area contributed by atoms with Gasteiger partial charge in [0.05, 0.1) is 11.3 Å². The summed E-state index contributed by atoms with van der Waals surface area (Å²) in [5.41, 5.74) is 8.66. The van der Waals surface area contributed by atoms with Crippen LogP contribution in [0.3, 0.4) is 0 Å². The summed E-state index contributed by atoms with van der Waals surface area (Å²) in [5.74, 6) is 0.885. The molecule has 2 rings (SSSR count). The Hall–Kier alpha value is -1.85. The number of rotatable bonds is 4. The van der Waals surface area contributed by atoms with Crippen molar-refractivity contribution in [1.82, 2.24) is 10.2 Å². The van der Waals surface area contributed by atoms with E-state index in [4.69, 9.17) is 10.9 Å². The van der Waals surface area contributed by atoms with Crippen LogP contribution in [0.5, 0.6) is 0 Å². The lowest BCUT2D eigenvalue weighted by Crippen LogP contribution is -2.40. The van der Waals surface area contributed by atoms with E-state index in [9.17, 15) is 0 Å². The van der Waals surface area contributed by atoms with Crippen LogP contribution >= 0.6 is 0 Å². The molecule has 1 atom stereocenters. The first kappa shape index (κ1) is 15.5. The van der Waals surface area contributed by atoms with Gasteiger partial charge in [0.15, 0.2) is 11.7 Å². The molecule has 0 aliphatic carbocycles. The highest BCUT2D eigenvalue weighted by Crippen LogP contribution is 2.29. The van der Waals surface area contributed by atoms with Gasteiger partial charge in [-0.1, -0.05) is 19.0 Å².